The fourth-order valence-corrected chi connectivity index (χ4v) is 4.37. The van der Waals surface area contributed by atoms with Gasteiger partial charge in [-0.15, -0.1) is 0 Å². The van der Waals surface area contributed by atoms with E-state index in [0.717, 1.165) is 18.4 Å². The summed E-state index contributed by atoms with van der Waals surface area (Å²) in [4.78, 5) is 0. The van der Waals surface area contributed by atoms with E-state index in [4.69, 9.17) is 0 Å². The Balaban J connectivity index is 5.06. The van der Waals surface area contributed by atoms with Crippen LogP contribution in [-0.2, 0) is 0 Å². The van der Waals surface area contributed by atoms with Crippen LogP contribution >= 0.6 is 0 Å². The van der Waals surface area contributed by atoms with Gasteiger partial charge in [-0.25, -0.2) is 0 Å². The van der Waals surface area contributed by atoms with Crippen LogP contribution in [0, 0.1) is 5.92 Å². The first-order chi connectivity index (χ1) is 23.9. The van der Waals surface area contributed by atoms with E-state index in [0.29, 0.717) is 0 Å². The van der Waals surface area contributed by atoms with Crippen LogP contribution in [0.4, 0.5) is 0 Å². The second kappa shape index (κ2) is 26.6. The average molecular weight is 687 g/mol. The van der Waals surface area contributed by atoms with E-state index in [1.165, 1.54) is 50.2 Å². The normalized spacial score (nSPS) is 15.6. The molecule has 0 fully saturated rings. The predicted molar refractivity (Wildman–Crippen MR) is 233 cm³/mol. The van der Waals surface area contributed by atoms with Crippen LogP contribution in [0.3, 0.4) is 0 Å². The monoisotopic (exact) mass is 687 g/mol. The van der Waals surface area contributed by atoms with Gasteiger partial charge in [0, 0.05) is 5.92 Å². The second-order valence-corrected chi connectivity index (χ2v) is 14.8. The topological polar surface area (TPSA) is 20.2 Å². The second-order valence-electron chi connectivity index (χ2n) is 14.8. The zero-order valence-electron chi connectivity index (χ0n) is 34.6. The molecule has 0 aromatic carbocycles. The van der Waals surface area contributed by atoms with Crippen molar-refractivity contribution in [3.05, 3.63) is 189 Å². The molecule has 0 saturated heterocycles. The van der Waals surface area contributed by atoms with Crippen molar-refractivity contribution in [2.45, 2.75) is 115 Å². The number of hydrogen-bond acceptors (Lipinski definition) is 1. The van der Waals surface area contributed by atoms with Crippen LogP contribution in [0.15, 0.2) is 189 Å². The summed E-state index contributed by atoms with van der Waals surface area (Å²) in [6.07, 6.45) is 48.7. The summed E-state index contributed by atoms with van der Waals surface area (Å²) in [7, 11) is 0. The van der Waals surface area contributed by atoms with E-state index in [2.05, 4.69) is 217 Å². The van der Waals surface area contributed by atoms with Crippen LogP contribution in [0.1, 0.15) is 110 Å². The average Bonchev–Trinajstić information content (AvgIpc) is 3.02. The lowest BCUT2D eigenvalue weighted by Crippen LogP contribution is -2.29. The van der Waals surface area contributed by atoms with E-state index >= 15 is 0 Å². The highest BCUT2D eigenvalue weighted by atomic mass is 16.3. The van der Waals surface area contributed by atoms with Gasteiger partial charge in [0.25, 0.3) is 0 Å². The van der Waals surface area contributed by atoms with Crippen LogP contribution in [0.2, 0.25) is 0 Å². The molecule has 0 aliphatic heterocycles. The summed E-state index contributed by atoms with van der Waals surface area (Å²) in [6.45, 7) is 29.2. The van der Waals surface area contributed by atoms with E-state index < -0.39 is 5.60 Å². The molecule has 1 nitrogen and oxygen atoms in total. The minimum atomic E-state index is -0.757. The van der Waals surface area contributed by atoms with Gasteiger partial charge in [0.05, 0.1) is 5.60 Å². The van der Waals surface area contributed by atoms with Gasteiger partial charge in [0.1, 0.15) is 0 Å². The SMILES string of the molecule is CC(C)=CCC(C=CC(C)=CC=CC(C)=CC=CC(C)=CC=CC=C(C)C=CC=C(C)C=CC=C(C)C=CC(CC=C(C)C)C(C)(C)O)=C(C)C. The minimum Gasteiger partial charge on any atom is -0.390 e. The fourth-order valence-electron chi connectivity index (χ4n) is 4.37. The third kappa shape index (κ3) is 27.2. The highest BCUT2D eigenvalue weighted by Gasteiger charge is 2.23. The zero-order chi connectivity index (χ0) is 38.8. The first-order valence-corrected chi connectivity index (χ1v) is 18.3. The lowest BCUT2D eigenvalue weighted by molar-refractivity contribution is 0.0380. The van der Waals surface area contributed by atoms with E-state index in [1.54, 1.807) is 0 Å². The van der Waals surface area contributed by atoms with Crippen LogP contribution in [0.25, 0.3) is 0 Å². The molecule has 0 aromatic rings. The Hall–Kier alpha value is -4.20. The summed E-state index contributed by atoms with van der Waals surface area (Å²) in [5, 5.41) is 10.5. The number of hydrogen-bond donors (Lipinski definition) is 1. The summed E-state index contributed by atoms with van der Waals surface area (Å²) < 4.78 is 0. The third-order valence-corrected chi connectivity index (χ3v) is 7.90. The van der Waals surface area contributed by atoms with Crippen LogP contribution in [0.5, 0.6) is 0 Å². The van der Waals surface area contributed by atoms with Crippen molar-refractivity contribution >= 4 is 0 Å². The van der Waals surface area contributed by atoms with Gasteiger partial charge in [-0.3, -0.25) is 0 Å². The van der Waals surface area contributed by atoms with Gasteiger partial charge in [-0.2, -0.15) is 0 Å². The van der Waals surface area contributed by atoms with Crippen LogP contribution < -0.4 is 0 Å². The molecule has 0 aliphatic carbocycles. The highest BCUT2D eigenvalue weighted by molar-refractivity contribution is 5.35. The molecule has 0 radical (unpaired) electrons. The summed E-state index contributed by atoms with van der Waals surface area (Å²) in [6, 6.07) is 0. The number of rotatable bonds is 19. The molecule has 1 unspecified atom stereocenters. The van der Waals surface area contributed by atoms with Gasteiger partial charge in [0.15, 0.2) is 0 Å². The van der Waals surface area contributed by atoms with Crippen molar-refractivity contribution < 1.29 is 5.11 Å². The fraction of sp³-hybridized carbons (Fsp3) is 0.360. The molecular formula is C50H70O. The molecule has 0 rings (SSSR count). The van der Waals surface area contributed by atoms with Gasteiger partial charge >= 0.3 is 0 Å². The Morgan fingerprint density at radius 2 is 0.804 bits per heavy atom. The van der Waals surface area contributed by atoms with Gasteiger partial charge in [-0.1, -0.05) is 184 Å². The molecule has 0 amide bonds. The van der Waals surface area contributed by atoms with Crippen molar-refractivity contribution in [3.63, 3.8) is 0 Å². The maximum Gasteiger partial charge on any atom is 0.0657 e. The Morgan fingerprint density at radius 3 is 1.16 bits per heavy atom. The lowest BCUT2D eigenvalue weighted by atomic mass is 9.87. The van der Waals surface area contributed by atoms with E-state index in [9.17, 15) is 5.11 Å². The quantitative estimate of drug-likeness (QED) is 0.106. The number of allylic oxidation sites excluding steroid dienone is 31. The van der Waals surface area contributed by atoms with Crippen molar-refractivity contribution in [3.8, 4) is 0 Å². The van der Waals surface area contributed by atoms with Crippen molar-refractivity contribution in [1.82, 2.24) is 0 Å². The molecular weight excluding hydrogens is 617 g/mol. The number of aliphatic hydroxyl groups is 1. The Morgan fingerprint density at radius 1 is 0.451 bits per heavy atom. The highest BCUT2D eigenvalue weighted by Crippen LogP contribution is 2.23. The predicted octanol–water partition coefficient (Wildman–Crippen LogP) is 15.0. The van der Waals surface area contributed by atoms with Crippen molar-refractivity contribution in [1.29, 1.82) is 0 Å². The molecule has 0 aromatic heterocycles. The van der Waals surface area contributed by atoms with Gasteiger partial charge in [0.2, 0.25) is 0 Å². The largest absolute Gasteiger partial charge is 0.390 e. The molecule has 1 heteroatoms. The Kier molecular flexibility index (Phi) is 24.4. The molecule has 0 spiro atoms. The molecule has 276 valence electrons. The molecule has 1 atom stereocenters. The molecule has 0 bridgehead atoms. The molecule has 0 heterocycles. The summed E-state index contributed by atoms with van der Waals surface area (Å²) >= 11 is 0. The Labute approximate surface area is 314 Å². The van der Waals surface area contributed by atoms with E-state index in [-0.39, 0.29) is 5.92 Å². The molecule has 51 heavy (non-hydrogen) atoms. The zero-order valence-corrected chi connectivity index (χ0v) is 34.6. The molecule has 0 aliphatic rings. The smallest absolute Gasteiger partial charge is 0.0657 e. The first kappa shape index (κ1) is 46.8. The summed E-state index contributed by atoms with van der Waals surface area (Å²) in [5.41, 5.74) is 11.7. The van der Waals surface area contributed by atoms with Crippen molar-refractivity contribution in [2.75, 3.05) is 0 Å². The first-order valence-electron chi connectivity index (χ1n) is 18.3. The van der Waals surface area contributed by atoms with Crippen LogP contribution in [-0.4, -0.2) is 10.7 Å². The van der Waals surface area contributed by atoms with Crippen molar-refractivity contribution in [2.24, 2.45) is 5.92 Å². The van der Waals surface area contributed by atoms with Gasteiger partial charge in [-0.05, 0) is 115 Å². The Bertz CT molecular complexity index is 1580. The third-order valence-electron chi connectivity index (χ3n) is 7.90. The molecule has 1 N–H and O–H groups in total. The molecule has 0 saturated carbocycles. The minimum absolute atomic E-state index is 0.0745. The maximum absolute atomic E-state index is 10.5. The summed E-state index contributed by atoms with van der Waals surface area (Å²) in [5.74, 6) is 0.0745. The maximum atomic E-state index is 10.5. The van der Waals surface area contributed by atoms with Gasteiger partial charge < -0.3 is 5.11 Å². The van der Waals surface area contributed by atoms with E-state index in [1.807, 2.05) is 13.8 Å². The standard InChI is InChI=1S/C50H70O/c1-39(2)31-35-48(41(5)6)36-33-46(11)29-19-27-44(9)25-17-23-42(7)21-15-16-22-43(8)24-18-26-45(10)28-20-30-47(12)34-38-49(50(13,14)51)37-32-40(3)4/h15-34,36,38,49,51H,35,37H2,1-14H3. The lowest BCUT2D eigenvalue weighted by Gasteiger charge is -2.26.